The first-order valence-corrected chi connectivity index (χ1v) is 8.64. The average molecular weight is 322 g/mol. The van der Waals surface area contributed by atoms with E-state index in [-0.39, 0.29) is 18.4 Å². The Hall–Kier alpha value is -1.29. The van der Waals surface area contributed by atoms with Gasteiger partial charge in [0.2, 0.25) is 0 Å². The van der Waals surface area contributed by atoms with E-state index in [0.717, 1.165) is 18.4 Å². The molecular formula is C19H30O4. The van der Waals surface area contributed by atoms with E-state index >= 15 is 0 Å². The maximum atomic E-state index is 11.7. The van der Waals surface area contributed by atoms with Crippen molar-refractivity contribution in [3.05, 3.63) is 24.3 Å². The molecule has 4 heteroatoms. The van der Waals surface area contributed by atoms with Crippen molar-refractivity contribution in [2.45, 2.75) is 58.7 Å². The molecule has 23 heavy (non-hydrogen) atoms. The van der Waals surface area contributed by atoms with Crippen molar-refractivity contribution in [1.29, 1.82) is 0 Å². The van der Waals surface area contributed by atoms with Crippen molar-refractivity contribution in [2.75, 3.05) is 6.61 Å². The minimum absolute atomic E-state index is 0.132. The lowest BCUT2D eigenvalue weighted by atomic mass is 9.57. The Labute approximate surface area is 139 Å². The van der Waals surface area contributed by atoms with Gasteiger partial charge in [-0.2, -0.15) is 0 Å². The zero-order chi connectivity index (χ0) is 17.2. The lowest BCUT2D eigenvalue weighted by molar-refractivity contribution is -0.132. The van der Waals surface area contributed by atoms with Gasteiger partial charge in [0.15, 0.2) is 0 Å². The molecule has 0 unspecified atom stereocenters. The molecule has 0 amide bonds. The van der Waals surface area contributed by atoms with Crippen LogP contribution in [-0.2, 0) is 9.47 Å². The molecule has 2 aliphatic rings. The van der Waals surface area contributed by atoms with Crippen LogP contribution in [-0.4, -0.2) is 29.6 Å². The lowest BCUT2D eigenvalue weighted by Gasteiger charge is -2.52. The molecule has 0 aliphatic heterocycles. The fraction of sp³-hybridized carbons (Fsp3) is 0.737. The summed E-state index contributed by atoms with van der Waals surface area (Å²) in [6.45, 7) is 12.2. The highest BCUT2D eigenvalue weighted by Crippen LogP contribution is 2.51. The Kier molecular flexibility index (Phi) is 5.56. The second-order valence-electron chi connectivity index (χ2n) is 7.47. The Morgan fingerprint density at radius 3 is 2.83 bits per heavy atom. The summed E-state index contributed by atoms with van der Waals surface area (Å²) >= 11 is 0. The smallest absolute Gasteiger partial charge is 0.430 e. The predicted molar refractivity (Wildman–Crippen MR) is 90.0 cm³/mol. The van der Waals surface area contributed by atoms with E-state index in [0.29, 0.717) is 18.3 Å². The van der Waals surface area contributed by atoms with Crippen LogP contribution >= 0.6 is 0 Å². The highest BCUT2D eigenvalue weighted by Gasteiger charge is 2.52. The van der Waals surface area contributed by atoms with Crippen molar-refractivity contribution < 1.29 is 19.4 Å². The van der Waals surface area contributed by atoms with Gasteiger partial charge in [0.25, 0.3) is 0 Å². The van der Waals surface area contributed by atoms with E-state index < -0.39 is 17.9 Å². The zero-order valence-electron chi connectivity index (χ0n) is 14.7. The van der Waals surface area contributed by atoms with E-state index in [4.69, 9.17) is 9.47 Å². The minimum atomic E-state index is -0.809. The number of carbonyl (C=O) groups is 1. The van der Waals surface area contributed by atoms with Crippen LogP contribution in [0.2, 0.25) is 0 Å². The number of fused-ring (bicyclic) bond motifs is 1. The van der Waals surface area contributed by atoms with E-state index in [1.807, 2.05) is 6.92 Å². The Bertz CT molecular complexity index is 482. The fourth-order valence-corrected chi connectivity index (χ4v) is 4.18. The third-order valence-electron chi connectivity index (χ3n) is 5.70. The molecule has 1 N–H and O–H groups in total. The Morgan fingerprint density at radius 2 is 2.22 bits per heavy atom. The molecule has 0 aromatic carbocycles. The molecule has 2 aliphatic carbocycles. The molecule has 1 fully saturated rings. The summed E-state index contributed by atoms with van der Waals surface area (Å²) in [5.41, 5.74) is 0.200. The SMILES string of the molecule is C=CCOC(=O)O[C@@H]1C[C@@]2(O)[C@H](C)CC[C@@H](C(C)C)[C@H]2C=C1C. The van der Waals surface area contributed by atoms with Crippen LogP contribution in [0.1, 0.15) is 47.0 Å². The Balaban J connectivity index is 2.20. The molecule has 2 rings (SSSR count). The molecule has 0 aromatic heterocycles. The molecule has 0 aromatic rings. The molecule has 5 atom stereocenters. The van der Waals surface area contributed by atoms with Crippen LogP contribution in [0.25, 0.3) is 0 Å². The van der Waals surface area contributed by atoms with E-state index in [1.165, 1.54) is 6.08 Å². The van der Waals surface area contributed by atoms with Gasteiger partial charge in [-0.3, -0.25) is 0 Å². The highest BCUT2D eigenvalue weighted by atomic mass is 16.7. The van der Waals surface area contributed by atoms with Crippen LogP contribution < -0.4 is 0 Å². The lowest BCUT2D eigenvalue weighted by Crippen LogP contribution is -2.55. The topological polar surface area (TPSA) is 55.8 Å². The van der Waals surface area contributed by atoms with E-state index in [1.54, 1.807) is 0 Å². The first-order chi connectivity index (χ1) is 10.8. The second kappa shape index (κ2) is 7.08. The second-order valence-corrected chi connectivity index (χ2v) is 7.47. The van der Waals surface area contributed by atoms with Crippen molar-refractivity contribution in [1.82, 2.24) is 0 Å². The van der Waals surface area contributed by atoms with Gasteiger partial charge >= 0.3 is 6.16 Å². The van der Waals surface area contributed by atoms with E-state index in [2.05, 4.69) is 33.4 Å². The first-order valence-electron chi connectivity index (χ1n) is 8.64. The standard InChI is InChI=1S/C19H30O4/c1-6-9-22-18(20)23-17-11-19(21)14(5)7-8-15(12(2)3)16(19)10-13(17)4/h6,10,12,14-17,21H,1,7-9,11H2,2-5H3/t14-,15+,16-,17-,19-/m1/s1. The van der Waals surface area contributed by atoms with Crippen LogP contribution in [0.5, 0.6) is 0 Å². The predicted octanol–water partition coefficient (Wildman–Crippen LogP) is 4.09. The van der Waals surface area contributed by atoms with Gasteiger partial charge in [0.05, 0.1) is 5.60 Å². The van der Waals surface area contributed by atoms with Gasteiger partial charge in [-0.25, -0.2) is 4.79 Å². The van der Waals surface area contributed by atoms with Crippen molar-refractivity contribution in [2.24, 2.45) is 23.7 Å². The van der Waals surface area contributed by atoms with Gasteiger partial charge in [0.1, 0.15) is 12.7 Å². The number of rotatable bonds is 4. The number of hydrogen-bond donors (Lipinski definition) is 1. The summed E-state index contributed by atoms with van der Waals surface area (Å²) in [5, 5.41) is 11.4. The third-order valence-corrected chi connectivity index (χ3v) is 5.70. The van der Waals surface area contributed by atoms with Crippen molar-refractivity contribution in [3.63, 3.8) is 0 Å². The molecule has 0 spiro atoms. The molecule has 0 radical (unpaired) electrons. The molecule has 4 nitrogen and oxygen atoms in total. The quantitative estimate of drug-likeness (QED) is 0.625. The summed E-state index contributed by atoms with van der Waals surface area (Å²) in [6, 6.07) is 0. The first kappa shape index (κ1) is 18.1. The highest BCUT2D eigenvalue weighted by molar-refractivity contribution is 5.60. The molecule has 0 bridgehead atoms. The summed E-state index contributed by atoms with van der Waals surface area (Å²) < 4.78 is 10.3. The normalized spacial score (nSPS) is 36.9. The summed E-state index contributed by atoms with van der Waals surface area (Å²) in [4.78, 5) is 11.7. The molecule has 1 saturated carbocycles. The minimum Gasteiger partial charge on any atom is -0.430 e. The van der Waals surface area contributed by atoms with Crippen molar-refractivity contribution in [3.8, 4) is 0 Å². The largest absolute Gasteiger partial charge is 0.509 e. The van der Waals surface area contributed by atoms with Crippen LogP contribution in [0.4, 0.5) is 4.79 Å². The van der Waals surface area contributed by atoms with Gasteiger partial charge in [-0.1, -0.05) is 39.5 Å². The maximum Gasteiger partial charge on any atom is 0.509 e. The molecular weight excluding hydrogens is 292 g/mol. The van der Waals surface area contributed by atoms with Gasteiger partial charge in [-0.15, -0.1) is 0 Å². The van der Waals surface area contributed by atoms with Gasteiger partial charge < -0.3 is 14.6 Å². The monoisotopic (exact) mass is 322 g/mol. The van der Waals surface area contributed by atoms with Crippen LogP contribution in [0, 0.1) is 23.7 Å². The average Bonchev–Trinajstić information content (AvgIpc) is 2.48. The summed E-state index contributed by atoms with van der Waals surface area (Å²) in [6.07, 6.45) is 5.13. The van der Waals surface area contributed by atoms with Gasteiger partial charge in [0, 0.05) is 12.3 Å². The number of ether oxygens (including phenoxy) is 2. The summed E-state index contributed by atoms with van der Waals surface area (Å²) in [7, 11) is 0. The molecule has 0 saturated heterocycles. The van der Waals surface area contributed by atoms with Crippen LogP contribution in [0.15, 0.2) is 24.3 Å². The number of aliphatic hydroxyl groups is 1. The molecule has 130 valence electrons. The Morgan fingerprint density at radius 1 is 1.52 bits per heavy atom. The number of carbonyl (C=O) groups excluding carboxylic acids is 1. The summed E-state index contributed by atoms with van der Waals surface area (Å²) in [5.74, 6) is 1.33. The van der Waals surface area contributed by atoms with Gasteiger partial charge in [-0.05, 0) is 43.1 Å². The van der Waals surface area contributed by atoms with Crippen molar-refractivity contribution >= 4 is 6.16 Å². The third kappa shape index (κ3) is 3.63. The van der Waals surface area contributed by atoms with Crippen LogP contribution in [0.3, 0.4) is 0 Å². The fourth-order valence-electron chi connectivity index (χ4n) is 4.18. The van der Waals surface area contributed by atoms with E-state index in [9.17, 15) is 9.90 Å². The molecule has 0 heterocycles. The maximum absolute atomic E-state index is 11.7. The zero-order valence-corrected chi connectivity index (χ0v) is 14.7. The number of hydrogen-bond acceptors (Lipinski definition) is 4.